The van der Waals surface area contributed by atoms with E-state index in [1.165, 1.54) is 7.11 Å². The van der Waals surface area contributed by atoms with Gasteiger partial charge in [0.1, 0.15) is 12.1 Å². The number of carboxylic acids is 1. The molecule has 1 rings (SSSR count). The zero-order valence-electron chi connectivity index (χ0n) is 16.2. The molecule has 4 atom stereocenters. The van der Waals surface area contributed by atoms with Crippen LogP contribution < -0.4 is 10.6 Å². The number of methoxy groups -OCH3 is 2. The van der Waals surface area contributed by atoms with Gasteiger partial charge in [-0.3, -0.25) is 14.4 Å². The largest absolute Gasteiger partial charge is 0.479 e. The van der Waals surface area contributed by atoms with Gasteiger partial charge in [-0.25, -0.2) is 9.59 Å². The number of epoxide rings is 1. The van der Waals surface area contributed by atoms with Crippen molar-refractivity contribution in [3.8, 4) is 0 Å². The van der Waals surface area contributed by atoms with Crippen molar-refractivity contribution in [2.45, 2.75) is 57.4 Å². The molecule has 1 heterocycles. The van der Waals surface area contributed by atoms with E-state index in [0.29, 0.717) is 0 Å². The Morgan fingerprint density at radius 3 is 2.11 bits per heavy atom. The number of hydrogen-bond donors (Lipinski definition) is 3. The summed E-state index contributed by atoms with van der Waals surface area (Å²) in [6.07, 6.45) is -2.30. The molecule has 0 unspecified atom stereocenters. The third-order valence-corrected chi connectivity index (χ3v) is 4.00. The first-order valence-corrected chi connectivity index (χ1v) is 8.74. The number of carbonyl (C=O) groups is 5. The average Bonchev–Trinajstić information content (AvgIpc) is 3.44. The van der Waals surface area contributed by atoms with Crippen molar-refractivity contribution in [2.75, 3.05) is 14.2 Å². The van der Waals surface area contributed by atoms with Gasteiger partial charge >= 0.3 is 17.9 Å². The highest BCUT2D eigenvalue weighted by atomic mass is 16.6. The van der Waals surface area contributed by atoms with E-state index in [-0.39, 0.29) is 25.2 Å². The molecule has 0 aromatic carbocycles. The van der Waals surface area contributed by atoms with Crippen molar-refractivity contribution in [3.05, 3.63) is 0 Å². The number of ether oxygens (including phenoxy) is 3. The predicted molar refractivity (Wildman–Crippen MR) is 92.9 cm³/mol. The molecule has 11 nitrogen and oxygen atoms in total. The summed E-state index contributed by atoms with van der Waals surface area (Å²) in [4.78, 5) is 58.7. The Kier molecular flexibility index (Phi) is 8.83. The van der Waals surface area contributed by atoms with Crippen LogP contribution in [0.15, 0.2) is 0 Å². The van der Waals surface area contributed by atoms with Crippen molar-refractivity contribution in [2.24, 2.45) is 5.92 Å². The second kappa shape index (κ2) is 10.6. The Morgan fingerprint density at radius 1 is 1.00 bits per heavy atom. The van der Waals surface area contributed by atoms with E-state index in [1.807, 2.05) is 13.8 Å². The van der Waals surface area contributed by atoms with E-state index in [4.69, 9.17) is 9.84 Å². The molecular formula is C17H26N2O9. The third-order valence-electron chi connectivity index (χ3n) is 4.00. The average molecular weight is 402 g/mol. The molecule has 11 heteroatoms. The monoisotopic (exact) mass is 402 g/mol. The number of amides is 2. The number of aliphatic carboxylic acids is 1. The maximum atomic E-state index is 12.6. The summed E-state index contributed by atoms with van der Waals surface area (Å²) in [6, 6.07) is -2.12. The van der Waals surface area contributed by atoms with Crippen LogP contribution in [0, 0.1) is 5.92 Å². The first-order chi connectivity index (χ1) is 13.1. The Hall–Kier alpha value is -2.69. The van der Waals surface area contributed by atoms with Gasteiger partial charge in [0.05, 0.1) is 14.2 Å². The molecule has 0 aromatic rings. The highest BCUT2D eigenvalue weighted by Gasteiger charge is 2.51. The molecule has 0 aliphatic carbocycles. The Balaban J connectivity index is 2.77. The van der Waals surface area contributed by atoms with E-state index >= 15 is 0 Å². The predicted octanol–water partition coefficient (Wildman–Crippen LogP) is -1.02. The van der Waals surface area contributed by atoms with E-state index in [0.717, 1.165) is 7.11 Å². The standard InChI is InChI=1S/C17H26N2O9/c1-8(2)7-10(19-15(22)12-13(28-12)16(23)24)14(21)18-9(17(25)27-4)5-6-11(20)26-3/h8-10,12-13H,5-7H2,1-4H3,(H,18,21)(H,19,22)(H,23,24)/t9-,10-,12-,13-/m0/s1. The quantitative estimate of drug-likeness (QED) is 0.290. The van der Waals surface area contributed by atoms with Gasteiger partial charge in [-0.15, -0.1) is 0 Å². The van der Waals surface area contributed by atoms with Crippen molar-refractivity contribution in [3.63, 3.8) is 0 Å². The van der Waals surface area contributed by atoms with Gasteiger partial charge in [0.2, 0.25) is 5.91 Å². The minimum atomic E-state index is -1.27. The number of rotatable bonds is 11. The molecule has 28 heavy (non-hydrogen) atoms. The van der Waals surface area contributed by atoms with Crippen LogP contribution in [0.3, 0.4) is 0 Å². The number of carboxylic acid groups (broad SMARTS) is 1. The van der Waals surface area contributed by atoms with Gasteiger partial charge in [-0.1, -0.05) is 13.8 Å². The summed E-state index contributed by atoms with van der Waals surface area (Å²) in [7, 11) is 2.34. The lowest BCUT2D eigenvalue weighted by Crippen LogP contribution is -2.53. The highest BCUT2D eigenvalue weighted by Crippen LogP contribution is 2.22. The zero-order chi connectivity index (χ0) is 21.4. The smallest absolute Gasteiger partial charge is 0.336 e. The van der Waals surface area contributed by atoms with Crippen LogP contribution in [0.2, 0.25) is 0 Å². The molecule has 3 N–H and O–H groups in total. The van der Waals surface area contributed by atoms with Crippen LogP contribution in [-0.2, 0) is 38.2 Å². The van der Waals surface area contributed by atoms with Crippen LogP contribution >= 0.6 is 0 Å². The molecular weight excluding hydrogens is 376 g/mol. The minimum Gasteiger partial charge on any atom is -0.479 e. The lowest BCUT2D eigenvalue weighted by atomic mass is 10.0. The maximum absolute atomic E-state index is 12.6. The molecule has 0 bridgehead atoms. The Morgan fingerprint density at radius 2 is 1.64 bits per heavy atom. The van der Waals surface area contributed by atoms with Crippen molar-refractivity contribution in [1.82, 2.24) is 10.6 Å². The third kappa shape index (κ3) is 7.14. The lowest BCUT2D eigenvalue weighted by molar-refractivity contribution is -0.146. The first-order valence-electron chi connectivity index (χ1n) is 8.74. The second-order valence-corrected chi connectivity index (χ2v) is 6.71. The van der Waals surface area contributed by atoms with Gasteiger partial charge < -0.3 is 30.0 Å². The number of esters is 2. The summed E-state index contributed by atoms with van der Waals surface area (Å²) in [5, 5.41) is 13.7. The van der Waals surface area contributed by atoms with Crippen LogP contribution in [0.1, 0.15) is 33.1 Å². The molecule has 0 spiro atoms. The van der Waals surface area contributed by atoms with Gasteiger partial charge in [0.25, 0.3) is 5.91 Å². The number of nitrogens with one attached hydrogen (secondary N) is 2. The van der Waals surface area contributed by atoms with Crippen molar-refractivity contribution < 1.29 is 43.3 Å². The van der Waals surface area contributed by atoms with E-state index in [9.17, 15) is 24.0 Å². The van der Waals surface area contributed by atoms with Gasteiger partial charge in [0, 0.05) is 6.42 Å². The normalized spacial score (nSPS) is 19.9. The zero-order valence-corrected chi connectivity index (χ0v) is 16.2. The van der Waals surface area contributed by atoms with Gasteiger partial charge in [0.15, 0.2) is 12.2 Å². The maximum Gasteiger partial charge on any atom is 0.336 e. The topological polar surface area (TPSA) is 161 Å². The van der Waals surface area contributed by atoms with Crippen LogP contribution in [0.25, 0.3) is 0 Å². The molecule has 1 aliphatic rings. The highest BCUT2D eigenvalue weighted by molar-refractivity contribution is 5.96. The molecule has 0 saturated carbocycles. The molecule has 158 valence electrons. The number of hydrogen-bond acceptors (Lipinski definition) is 8. The van der Waals surface area contributed by atoms with Crippen LogP contribution in [0.5, 0.6) is 0 Å². The molecule has 0 aromatic heterocycles. The minimum absolute atomic E-state index is 0.0121. The first kappa shape index (κ1) is 23.3. The van der Waals surface area contributed by atoms with Crippen LogP contribution in [0.4, 0.5) is 0 Å². The Bertz CT molecular complexity index is 620. The van der Waals surface area contributed by atoms with Gasteiger partial charge in [-0.05, 0) is 18.8 Å². The summed E-state index contributed by atoms with van der Waals surface area (Å²) in [6.45, 7) is 3.66. The van der Waals surface area contributed by atoms with Crippen LogP contribution in [-0.4, -0.2) is 73.3 Å². The second-order valence-electron chi connectivity index (χ2n) is 6.71. The summed E-state index contributed by atoms with van der Waals surface area (Å²) in [5.74, 6) is -3.94. The summed E-state index contributed by atoms with van der Waals surface area (Å²) in [5.41, 5.74) is 0. The van der Waals surface area contributed by atoms with Crippen molar-refractivity contribution in [1.29, 1.82) is 0 Å². The summed E-state index contributed by atoms with van der Waals surface area (Å²) < 4.78 is 13.9. The molecule has 2 amide bonds. The van der Waals surface area contributed by atoms with Crippen molar-refractivity contribution >= 4 is 29.7 Å². The lowest BCUT2D eigenvalue weighted by Gasteiger charge is -2.23. The Labute approximate surface area is 162 Å². The number of carbonyl (C=O) groups excluding carboxylic acids is 4. The van der Waals surface area contributed by atoms with E-state index < -0.39 is 54.0 Å². The molecule has 0 radical (unpaired) electrons. The fourth-order valence-corrected chi connectivity index (χ4v) is 2.48. The molecule has 1 fully saturated rings. The fourth-order valence-electron chi connectivity index (χ4n) is 2.48. The van der Waals surface area contributed by atoms with Gasteiger partial charge in [-0.2, -0.15) is 0 Å². The van der Waals surface area contributed by atoms with E-state index in [2.05, 4.69) is 20.1 Å². The molecule has 1 saturated heterocycles. The SMILES string of the molecule is COC(=O)CC[C@H](NC(=O)[C@H](CC(C)C)NC(=O)[C@H]1O[C@@H]1C(=O)O)C(=O)OC. The van der Waals surface area contributed by atoms with E-state index in [1.54, 1.807) is 0 Å². The summed E-state index contributed by atoms with van der Waals surface area (Å²) >= 11 is 0. The fraction of sp³-hybridized carbons (Fsp3) is 0.706. The molecule has 1 aliphatic heterocycles.